The maximum Gasteiger partial charge on any atom is 0.334 e. The Morgan fingerprint density at radius 2 is 1.79 bits per heavy atom. The van der Waals surface area contributed by atoms with Gasteiger partial charge in [-0.3, -0.25) is 10.1 Å². The fourth-order valence-electron chi connectivity index (χ4n) is 0.548. The van der Waals surface area contributed by atoms with Crippen LogP contribution in [0.5, 0.6) is 0 Å². The molecule has 0 rings (SSSR count). The van der Waals surface area contributed by atoms with Gasteiger partial charge in [-0.2, -0.15) is 0 Å². The molecule has 0 aromatic rings. The van der Waals surface area contributed by atoms with Gasteiger partial charge in [0.05, 0.1) is 13.2 Å². The Morgan fingerprint density at radius 3 is 2.36 bits per heavy atom. The number of carbonyl (C=O) groups excluding carboxylic acids is 2. The number of nitrogens with one attached hydrogen (secondary N) is 1. The minimum atomic E-state index is -0.855. The van der Waals surface area contributed by atoms with Crippen molar-refractivity contribution in [1.82, 2.24) is 5.32 Å². The molecule has 0 aromatic heterocycles. The third kappa shape index (κ3) is 7.47. The van der Waals surface area contributed by atoms with Crippen molar-refractivity contribution in [2.24, 2.45) is 0 Å². The summed E-state index contributed by atoms with van der Waals surface area (Å²) in [5.74, 6) is -1.41. The average Bonchev–Trinajstić information content (AvgIpc) is 2.18. The third-order valence-electron chi connectivity index (χ3n) is 1.19. The van der Waals surface area contributed by atoms with Crippen LogP contribution in [-0.4, -0.2) is 48.8 Å². The van der Waals surface area contributed by atoms with Crippen LogP contribution in [0, 0.1) is 0 Å². The number of ether oxygens (including phenoxy) is 2. The lowest BCUT2D eigenvalue weighted by Crippen LogP contribution is -2.21. The Balaban J connectivity index is 3.31. The van der Waals surface area contributed by atoms with Gasteiger partial charge in [0, 0.05) is 6.54 Å². The second-order valence-corrected chi connectivity index (χ2v) is 2.22. The predicted molar refractivity (Wildman–Crippen MR) is 43.8 cm³/mol. The second kappa shape index (κ2) is 8.42. The van der Waals surface area contributed by atoms with E-state index >= 15 is 0 Å². The van der Waals surface area contributed by atoms with Gasteiger partial charge in [-0.15, -0.1) is 0 Å². The molecule has 0 saturated heterocycles. The smallest absolute Gasteiger partial charge is 0.334 e. The molecule has 0 bridgehead atoms. The van der Waals surface area contributed by atoms with Crippen molar-refractivity contribution in [3.8, 4) is 0 Å². The van der Waals surface area contributed by atoms with E-state index in [1.54, 1.807) is 0 Å². The lowest BCUT2D eigenvalue weighted by molar-refractivity contribution is -0.168. The molecule has 0 aliphatic heterocycles. The zero-order valence-corrected chi connectivity index (χ0v) is 7.56. The molecule has 0 aliphatic carbocycles. The van der Waals surface area contributed by atoms with Gasteiger partial charge in [0.1, 0.15) is 6.61 Å². The highest BCUT2D eigenvalue weighted by Crippen LogP contribution is 1.86. The molecule has 82 valence electrons. The van der Waals surface area contributed by atoms with Crippen LogP contribution in [0.3, 0.4) is 0 Å². The second-order valence-electron chi connectivity index (χ2n) is 2.22. The Kier molecular flexibility index (Phi) is 7.71. The lowest BCUT2D eigenvalue weighted by Gasteiger charge is -2.04. The molecule has 0 aromatic carbocycles. The molecule has 0 fully saturated rings. The molecule has 14 heavy (non-hydrogen) atoms. The summed E-state index contributed by atoms with van der Waals surface area (Å²) < 4.78 is 8.71. The van der Waals surface area contributed by atoms with Crippen LogP contribution < -0.4 is 5.32 Å². The van der Waals surface area contributed by atoms with Crippen molar-refractivity contribution in [2.75, 3.05) is 26.7 Å². The number of hydrogen-bond acceptors (Lipinski definition) is 7. The van der Waals surface area contributed by atoms with Gasteiger partial charge < -0.3 is 19.7 Å². The van der Waals surface area contributed by atoms with Gasteiger partial charge in [-0.05, 0) is 0 Å². The van der Waals surface area contributed by atoms with Gasteiger partial charge in [-0.25, -0.2) is 4.79 Å². The molecule has 0 atom stereocenters. The molecule has 0 saturated carbocycles. The lowest BCUT2D eigenvalue weighted by atomic mass is 10.4. The molecule has 0 amide bonds. The average molecular weight is 207 g/mol. The number of carbonyl (C=O) groups is 2. The molecule has 0 aliphatic rings. The van der Waals surface area contributed by atoms with Crippen molar-refractivity contribution in [3.05, 3.63) is 0 Å². The quantitative estimate of drug-likeness (QED) is 0.251. The van der Waals surface area contributed by atoms with Gasteiger partial charge >= 0.3 is 11.9 Å². The Hall–Kier alpha value is -1.18. The van der Waals surface area contributed by atoms with E-state index in [0.717, 1.165) is 0 Å². The van der Waals surface area contributed by atoms with E-state index in [2.05, 4.69) is 14.8 Å². The first-order chi connectivity index (χ1) is 6.70. The van der Waals surface area contributed by atoms with Gasteiger partial charge in [0.15, 0.2) is 0 Å². The molecular weight excluding hydrogens is 194 g/mol. The van der Waals surface area contributed by atoms with E-state index in [-0.39, 0.29) is 19.7 Å². The fraction of sp³-hybridized carbons (Fsp3) is 0.714. The maximum atomic E-state index is 10.8. The first kappa shape index (κ1) is 12.8. The summed E-state index contributed by atoms with van der Waals surface area (Å²) >= 11 is 0. The summed E-state index contributed by atoms with van der Waals surface area (Å²) in [5, 5.41) is 19.0. The topological polar surface area (TPSA) is 105 Å². The predicted octanol–water partition coefficient (Wildman–Crippen LogP) is -2.05. The van der Waals surface area contributed by atoms with Gasteiger partial charge in [-0.1, -0.05) is 0 Å². The van der Waals surface area contributed by atoms with E-state index in [1.807, 2.05) is 0 Å². The zero-order valence-electron chi connectivity index (χ0n) is 7.56. The Morgan fingerprint density at radius 1 is 1.14 bits per heavy atom. The van der Waals surface area contributed by atoms with E-state index in [1.165, 1.54) is 0 Å². The van der Waals surface area contributed by atoms with E-state index in [4.69, 9.17) is 10.2 Å². The van der Waals surface area contributed by atoms with Crippen LogP contribution in [0.2, 0.25) is 0 Å². The van der Waals surface area contributed by atoms with Crippen LogP contribution in [0.25, 0.3) is 0 Å². The highest BCUT2D eigenvalue weighted by Gasteiger charge is 2.04. The van der Waals surface area contributed by atoms with Crippen LogP contribution in [0.4, 0.5) is 0 Å². The highest BCUT2D eigenvalue weighted by atomic mass is 16.7. The first-order valence-corrected chi connectivity index (χ1v) is 3.94. The summed E-state index contributed by atoms with van der Waals surface area (Å²) in [6, 6.07) is 0. The maximum absolute atomic E-state index is 10.8. The summed E-state index contributed by atoms with van der Waals surface area (Å²) in [6.45, 7) is -1.18. The van der Waals surface area contributed by atoms with Crippen LogP contribution in [-0.2, 0) is 19.1 Å². The minimum Gasteiger partial charge on any atom is -0.428 e. The number of aliphatic hydroxyl groups excluding tert-OH is 2. The van der Waals surface area contributed by atoms with E-state index in [0.29, 0.717) is 0 Å². The number of esters is 2. The molecule has 3 N–H and O–H groups in total. The zero-order chi connectivity index (χ0) is 10.8. The molecule has 0 spiro atoms. The number of rotatable bonds is 7. The highest BCUT2D eigenvalue weighted by molar-refractivity contribution is 5.71. The number of aliphatic hydroxyl groups is 2. The Bertz CT molecular complexity index is 183. The summed E-state index contributed by atoms with van der Waals surface area (Å²) in [6.07, 6.45) is 0.0667. The summed E-state index contributed by atoms with van der Waals surface area (Å²) in [4.78, 5) is 21.1. The Labute approximate surface area is 80.6 Å². The number of hydrogen-bond donors (Lipinski definition) is 3. The molecule has 7 nitrogen and oxygen atoms in total. The molecule has 0 heterocycles. The third-order valence-corrected chi connectivity index (χ3v) is 1.19. The molecule has 0 unspecified atom stereocenters. The largest absolute Gasteiger partial charge is 0.428 e. The van der Waals surface area contributed by atoms with Crippen LogP contribution >= 0.6 is 0 Å². The minimum absolute atomic E-state index is 0.0667. The molecular formula is C7H13NO6. The van der Waals surface area contributed by atoms with Crippen molar-refractivity contribution in [3.63, 3.8) is 0 Å². The van der Waals surface area contributed by atoms with Crippen molar-refractivity contribution in [1.29, 1.82) is 0 Å². The van der Waals surface area contributed by atoms with Gasteiger partial charge in [0.2, 0.25) is 6.79 Å². The summed E-state index contributed by atoms with van der Waals surface area (Å²) in [7, 11) is 0. The standard InChI is InChI=1S/C7H13NO6/c9-3-7(12)14-5-13-6(11)1-2-8-4-10/h8-10H,1-5H2. The molecule has 0 radical (unpaired) electrons. The molecule has 7 heteroatoms. The van der Waals surface area contributed by atoms with Crippen LogP contribution in [0.1, 0.15) is 6.42 Å². The van der Waals surface area contributed by atoms with Crippen molar-refractivity contribution >= 4 is 11.9 Å². The first-order valence-electron chi connectivity index (χ1n) is 3.94. The van der Waals surface area contributed by atoms with E-state index < -0.39 is 25.3 Å². The fourth-order valence-corrected chi connectivity index (χ4v) is 0.548. The van der Waals surface area contributed by atoms with Gasteiger partial charge in [0.25, 0.3) is 0 Å². The van der Waals surface area contributed by atoms with Crippen molar-refractivity contribution in [2.45, 2.75) is 6.42 Å². The van der Waals surface area contributed by atoms with Crippen molar-refractivity contribution < 1.29 is 29.3 Å². The summed E-state index contributed by atoms with van der Waals surface area (Å²) in [5.41, 5.74) is 0. The normalized spacial score (nSPS) is 9.57. The SMILES string of the molecule is O=C(CO)OCOC(=O)CCNCO. The monoisotopic (exact) mass is 207 g/mol. The van der Waals surface area contributed by atoms with E-state index in [9.17, 15) is 9.59 Å². The van der Waals surface area contributed by atoms with Crippen LogP contribution in [0.15, 0.2) is 0 Å².